The third-order valence-corrected chi connectivity index (χ3v) is 5.70. The molecule has 1 aliphatic carbocycles. The molecule has 0 spiro atoms. The van der Waals surface area contributed by atoms with Crippen molar-refractivity contribution in [2.45, 2.75) is 39.7 Å². The number of carboxylic acid groups (broad SMARTS) is 1. The molecule has 3 N–H and O–H groups in total. The first kappa shape index (κ1) is 16.2. The van der Waals surface area contributed by atoms with Crippen molar-refractivity contribution in [2.75, 3.05) is 7.05 Å². The number of carbonyl (C=O) groups is 1. The van der Waals surface area contributed by atoms with Crippen LogP contribution in [0.4, 0.5) is 0 Å². The van der Waals surface area contributed by atoms with Crippen molar-refractivity contribution in [3.05, 3.63) is 34.1 Å². The molecule has 2 aromatic heterocycles. The molecule has 23 heavy (non-hydrogen) atoms. The molecule has 2 heterocycles. The predicted octanol–water partition coefficient (Wildman–Crippen LogP) is 3.53. The van der Waals surface area contributed by atoms with Gasteiger partial charge in [-0.25, -0.2) is 9.80 Å². The maximum atomic E-state index is 11.9. The van der Waals surface area contributed by atoms with Crippen molar-refractivity contribution in [3.63, 3.8) is 0 Å². The largest absolute Gasteiger partial charge is 0.478 e. The van der Waals surface area contributed by atoms with E-state index in [0.29, 0.717) is 17.9 Å². The fraction of sp³-hybridized carbons (Fsp3) is 0.471. The summed E-state index contributed by atoms with van der Waals surface area (Å²) in [5, 5.41) is 11.3. The quantitative estimate of drug-likeness (QED) is 0.660. The molecule has 0 amide bonds. The highest BCUT2D eigenvalue weighted by molar-refractivity contribution is 7.16. The third-order valence-electron chi connectivity index (χ3n) is 4.37. The van der Waals surface area contributed by atoms with Gasteiger partial charge in [0.25, 0.3) is 0 Å². The summed E-state index contributed by atoms with van der Waals surface area (Å²) in [6.07, 6.45) is 4.44. The molecule has 0 fully saturated rings. The second-order valence-corrected chi connectivity index (χ2v) is 8.13. The number of carboxylic acids is 1. The van der Waals surface area contributed by atoms with Gasteiger partial charge in [0.2, 0.25) is 0 Å². The Morgan fingerprint density at radius 2 is 2.26 bits per heavy atom. The predicted molar refractivity (Wildman–Crippen MR) is 90.4 cm³/mol. The van der Waals surface area contributed by atoms with E-state index in [1.54, 1.807) is 24.6 Å². The van der Waals surface area contributed by atoms with Crippen LogP contribution in [-0.4, -0.2) is 23.1 Å². The summed E-state index contributed by atoms with van der Waals surface area (Å²) >= 11 is 1.59. The fourth-order valence-corrected chi connectivity index (χ4v) is 4.58. The number of thiophene rings is 1. The Kier molecular flexibility index (Phi) is 4.08. The van der Waals surface area contributed by atoms with Gasteiger partial charge >= 0.3 is 5.97 Å². The normalized spacial score (nSPS) is 16.6. The molecule has 0 bridgehead atoms. The Labute approximate surface area is 139 Å². The maximum absolute atomic E-state index is 11.9. The molecule has 124 valence electrons. The number of nitrogens with zero attached hydrogens (tertiary/aromatic N) is 1. The molecule has 0 saturated carbocycles. The lowest BCUT2D eigenvalue weighted by Gasteiger charge is -2.29. The van der Waals surface area contributed by atoms with E-state index in [-0.39, 0.29) is 5.41 Å². The summed E-state index contributed by atoms with van der Waals surface area (Å²) in [6.45, 7) is 4.84. The Bertz CT molecular complexity index is 743. The number of fused-ring (bicyclic) bond motifs is 1. The highest BCUT2D eigenvalue weighted by Crippen LogP contribution is 2.45. The van der Waals surface area contributed by atoms with Crippen molar-refractivity contribution in [2.24, 2.45) is 11.3 Å². The molecule has 1 aliphatic rings. The third kappa shape index (κ3) is 3.06. The molecule has 0 aromatic carbocycles. The second kappa shape index (κ2) is 5.78. The zero-order valence-corrected chi connectivity index (χ0v) is 14.5. The molecule has 0 aliphatic heterocycles. The molecule has 2 aromatic rings. The number of rotatable bonds is 4. The minimum absolute atomic E-state index is 0.145. The van der Waals surface area contributed by atoms with Crippen LogP contribution in [0.2, 0.25) is 0 Å². The fourth-order valence-electron chi connectivity index (χ4n) is 3.23. The van der Waals surface area contributed by atoms with E-state index in [0.717, 1.165) is 35.3 Å². The lowest BCUT2D eigenvalue weighted by molar-refractivity contribution is 0.0696. The second-order valence-electron chi connectivity index (χ2n) is 7.03. The summed E-state index contributed by atoms with van der Waals surface area (Å²) in [5.74, 6) is 5.57. The average Bonchev–Trinajstić information content (AvgIpc) is 3.00. The van der Waals surface area contributed by atoms with E-state index in [9.17, 15) is 9.90 Å². The lowest BCUT2D eigenvalue weighted by Crippen LogP contribution is -2.25. The highest BCUT2D eigenvalue weighted by Gasteiger charge is 2.33. The Balaban J connectivity index is 2.13. The number of hydrazine groups is 1. The van der Waals surface area contributed by atoms with Crippen molar-refractivity contribution >= 4 is 17.3 Å². The smallest absolute Gasteiger partial charge is 0.337 e. The van der Waals surface area contributed by atoms with Crippen molar-refractivity contribution < 1.29 is 14.3 Å². The molecular weight excluding hydrogens is 312 g/mol. The van der Waals surface area contributed by atoms with Gasteiger partial charge in [-0.05, 0) is 36.3 Å². The van der Waals surface area contributed by atoms with E-state index in [1.165, 1.54) is 9.89 Å². The van der Waals surface area contributed by atoms with Crippen LogP contribution in [0.1, 0.15) is 46.8 Å². The molecule has 0 unspecified atom stereocenters. The van der Waals surface area contributed by atoms with Crippen LogP contribution >= 0.6 is 11.3 Å². The molecule has 0 saturated heterocycles. The maximum Gasteiger partial charge on any atom is 0.337 e. The Morgan fingerprint density at radius 3 is 2.91 bits per heavy atom. The number of hydrogen-bond donors (Lipinski definition) is 2. The van der Waals surface area contributed by atoms with Crippen LogP contribution < -0.4 is 5.84 Å². The van der Waals surface area contributed by atoms with Crippen LogP contribution in [0.15, 0.2) is 16.7 Å². The molecular formula is C17H22N2O3S. The number of aromatic carboxylic acids is 1. The average molecular weight is 334 g/mol. The summed E-state index contributed by atoms with van der Waals surface area (Å²) in [4.78, 5) is 13.9. The molecule has 0 radical (unpaired) electrons. The van der Waals surface area contributed by atoms with Gasteiger partial charge in [-0.1, -0.05) is 13.8 Å². The lowest BCUT2D eigenvalue weighted by atomic mass is 9.76. The highest BCUT2D eigenvalue weighted by atomic mass is 32.1. The minimum Gasteiger partial charge on any atom is -0.478 e. The molecule has 0 atom stereocenters. The van der Waals surface area contributed by atoms with E-state index in [4.69, 9.17) is 10.3 Å². The monoisotopic (exact) mass is 334 g/mol. The van der Waals surface area contributed by atoms with E-state index in [2.05, 4.69) is 13.8 Å². The van der Waals surface area contributed by atoms with Gasteiger partial charge in [-0.2, -0.15) is 0 Å². The first-order valence-corrected chi connectivity index (χ1v) is 8.50. The summed E-state index contributed by atoms with van der Waals surface area (Å²) in [6, 6.07) is 1.84. The molecule has 6 heteroatoms. The number of hydrogen-bond acceptors (Lipinski definition) is 5. The van der Waals surface area contributed by atoms with Gasteiger partial charge in [-0.15, -0.1) is 11.3 Å². The molecule has 3 rings (SSSR count). The van der Waals surface area contributed by atoms with Crippen molar-refractivity contribution in [3.8, 4) is 10.4 Å². The summed E-state index contributed by atoms with van der Waals surface area (Å²) in [7, 11) is 1.76. The first-order chi connectivity index (χ1) is 10.8. The van der Waals surface area contributed by atoms with Crippen LogP contribution in [-0.2, 0) is 19.4 Å². The van der Waals surface area contributed by atoms with Gasteiger partial charge in [0, 0.05) is 17.5 Å². The summed E-state index contributed by atoms with van der Waals surface area (Å²) in [5.41, 5.74) is 2.44. The summed E-state index contributed by atoms with van der Waals surface area (Å²) < 4.78 is 5.53. The van der Waals surface area contributed by atoms with Crippen molar-refractivity contribution in [1.29, 1.82) is 0 Å². The Hall–Kier alpha value is -1.63. The van der Waals surface area contributed by atoms with E-state index >= 15 is 0 Å². The number of nitrogens with two attached hydrogens (primary N) is 1. The van der Waals surface area contributed by atoms with Crippen LogP contribution in [0.5, 0.6) is 0 Å². The van der Waals surface area contributed by atoms with Crippen LogP contribution in [0, 0.1) is 5.41 Å². The van der Waals surface area contributed by atoms with Gasteiger partial charge in [0.05, 0.1) is 23.2 Å². The SMILES string of the molecule is CN(N)Cc1occc1-c1sc2c(c1C(=O)O)CC(C)(C)CC2. The van der Waals surface area contributed by atoms with Gasteiger partial charge in [-0.3, -0.25) is 5.84 Å². The van der Waals surface area contributed by atoms with Crippen LogP contribution in [0.25, 0.3) is 10.4 Å². The number of furan rings is 1. The molecule has 5 nitrogen and oxygen atoms in total. The van der Waals surface area contributed by atoms with Crippen molar-refractivity contribution in [1.82, 2.24) is 5.01 Å². The van der Waals surface area contributed by atoms with E-state index in [1.807, 2.05) is 6.07 Å². The number of aryl methyl sites for hydroxylation is 1. The standard InChI is InChI=1S/C17H22N2O3S/c1-17(2)6-4-13-11(8-17)14(16(20)21)15(23-13)10-5-7-22-12(10)9-19(3)18/h5,7H,4,6,8-9,18H2,1-3H3,(H,20,21). The minimum atomic E-state index is -0.858. The van der Waals surface area contributed by atoms with E-state index < -0.39 is 5.97 Å². The van der Waals surface area contributed by atoms with Gasteiger partial charge in [0.1, 0.15) is 5.76 Å². The first-order valence-electron chi connectivity index (χ1n) is 7.69. The zero-order chi connectivity index (χ0) is 16.8. The van der Waals surface area contributed by atoms with Gasteiger partial charge in [0.15, 0.2) is 0 Å². The zero-order valence-electron chi connectivity index (χ0n) is 13.7. The topological polar surface area (TPSA) is 79.7 Å². The van der Waals surface area contributed by atoms with Crippen LogP contribution in [0.3, 0.4) is 0 Å². The Morgan fingerprint density at radius 1 is 1.52 bits per heavy atom. The van der Waals surface area contributed by atoms with Gasteiger partial charge < -0.3 is 9.52 Å².